The van der Waals surface area contributed by atoms with Crippen LogP contribution in [0.5, 0.6) is 0 Å². The lowest BCUT2D eigenvalue weighted by molar-refractivity contribution is -0.384. The van der Waals surface area contributed by atoms with Gasteiger partial charge in [-0.05, 0) is 18.2 Å². The molecule has 0 aliphatic heterocycles. The predicted molar refractivity (Wildman–Crippen MR) is 100 cm³/mol. The van der Waals surface area contributed by atoms with Crippen molar-refractivity contribution < 1.29 is 4.92 Å². The van der Waals surface area contributed by atoms with Crippen molar-refractivity contribution in [3.05, 3.63) is 83.0 Å². The van der Waals surface area contributed by atoms with Crippen molar-refractivity contribution in [1.82, 2.24) is 14.4 Å². The van der Waals surface area contributed by atoms with Gasteiger partial charge in [0.15, 0.2) is 0 Å². The lowest BCUT2D eigenvalue weighted by atomic mass is 10.1. The summed E-state index contributed by atoms with van der Waals surface area (Å²) in [6.45, 7) is 0. The molecule has 0 aliphatic carbocycles. The number of benzene rings is 2. The molecule has 5 rings (SSSR count). The number of non-ortho nitro benzene ring substituents is 1. The lowest BCUT2D eigenvalue weighted by Gasteiger charge is -2.07. The summed E-state index contributed by atoms with van der Waals surface area (Å²) in [5.74, 6) is 0. The third-order valence-corrected chi connectivity index (χ3v) is 4.48. The lowest BCUT2D eigenvalue weighted by Crippen LogP contribution is -1.93. The van der Waals surface area contributed by atoms with Crippen molar-refractivity contribution in [3.63, 3.8) is 0 Å². The maximum Gasteiger partial charge on any atom is 0.270 e. The summed E-state index contributed by atoms with van der Waals surface area (Å²) in [5.41, 5.74) is 4.72. The predicted octanol–water partition coefficient (Wildman–Crippen LogP) is 4.61. The number of rotatable bonds is 2. The van der Waals surface area contributed by atoms with E-state index in [1.807, 2.05) is 59.1 Å². The van der Waals surface area contributed by atoms with Gasteiger partial charge in [0.25, 0.3) is 5.69 Å². The number of fused-ring (bicyclic) bond motifs is 5. The number of aromatic nitrogens is 3. The van der Waals surface area contributed by atoms with E-state index in [4.69, 9.17) is 9.97 Å². The monoisotopic (exact) mass is 340 g/mol. The molecule has 6 nitrogen and oxygen atoms in total. The zero-order chi connectivity index (χ0) is 17.7. The fraction of sp³-hybridized carbons (Fsp3) is 0. The van der Waals surface area contributed by atoms with Crippen LogP contribution < -0.4 is 0 Å². The van der Waals surface area contributed by atoms with Gasteiger partial charge in [0.05, 0.1) is 21.7 Å². The van der Waals surface area contributed by atoms with Crippen LogP contribution in [0.3, 0.4) is 0 Å². The molecule has 0 atom stereocenters. The van der Waals surface area contributed by atoms with Crippen LogP contribution in [-0.4, -0.2) is 19.3 Å². The van der Waals surface area contributed by atoms with Crippen LogP contribution in [0.2, 0.25) is 0 Å². The first kappa shape index (κ1) is 14.5. The molecule has 0 saturated heterocycles. The molecule has 0 radical (unpaired) electrons. The summed E-state index contributed by atoms with van der Waals surface area (Å²) >= 11 is 0. The van der Waals surface area contributed by atoms with Crippen molar-refractivity contribution in [2.24, 2.45) is 0 Å². The van der Waals surface area contributed by atoms with Crippen LogP contribution in [0.15, 0.2) is 72.9 Å². The molecule has 26 heavy (non-hydrogen) atoms. The molecule has 0 saturated carbocycles. The molecule has 2 aromatic carbocycles. The Morgan fingerprint density at radius 3 is 2.65 bits per heavy atom. The van der Waals surface area contributed by atoms with Gasteiger partial charge in [-0.2, -0.15) is 0 Å². The van der Waals surface area contributed by atoms with Crippen LogP contribution in [0.1, 0.15) is 0 Å². The molecule has 124 valence electrons. The quantitative estimate of drug-likeness (QED) is 0.347. The molecular formula is C20H12N4O2. The Balaban J connectivity index is 1.97. The van der Waals surface area contributed by atoms with Crippen molar-refractivity contribution in [1.29, 1.82) is 0 Å². The van der Waals surface area contributed by atoms with Gasteiger partial charge in [-0.25, -0.2) is 9.97 Å². The fourth-order valence-electron chi connectivity index (χ4n) is 3.32. The highest BCUT2D eigenvalue weighted by molar-refractivity contribution is 6.09. The van der Waals surface area contributed by atoms with Gasteiger partial charge in [0.2, 0.25) is 0 Å². The average molecular weight is 340 g/mol. The smallest absolute Gasteiger partial charge is 0.270 e. The van der Waals surface area contributed by atoms with E-state index in [0.29, 0.717) is 11.3 Å². The zero-order valence-corrected chi connectivity index (χ0v) is 13.5. The molecule has 0 aliphatic rings. The first-order chi connectivity index (χ1) is 12.7. The maximum absolute atomic E-state index is 11.2. The van der Waals surface area contributed by atoms with Crippen LogP contribution in [0.4, 0.5) is 5.69 Å². The van der Waals surface area contributed by atoms with E-state index >= 15 is 0 Å². The maximum atomic E-state index is 11.2. The average Bonchev–Trinajstić information content (AvgIpc) is 3.07. The van der Waals surface area contributed by atoms with Gasteiger partial charge in [-0.1, -0.05) is 36.4 Å². The molecule has 3 aromatic heterocycles. The van der Waals surface area contributed by atoms with Crippen LogP contribution in [0.25, 0.3) is 38.8 Å². The normalized spacial score (nSPS) is 11.4. The number of hydrogen-bond acceptors (Lipinski definition) is 4. The number of nitro groups is 1. The second-order valence-corrected chi connectivity index (χ2v) is 6.02. The Hall–Kier alpha value is -3.80. The van der Waals surface area contributed by atoms with E-state index in [1.165, 1.54) is 6.07 Å². The van der Waals surface area contributed by atoms with Crippen molar-refractivity contribution in [2.75, 3.05) is 0 Å². The van der Waals surface area contributed by atoms with Crippen LogP contribution in [0, 0.1) is 10.1 Å². The van der Waals surface area contributed by atoms with E-state index in [-0.39, 0.29) is 5.69 Å². The summed E-state index contributed by atoms with van der Waals surface area (Å²) in [6, 6.07) is 20.2. The molecule has 5 aromatic rings. The summed E-state index contributed by atoms with van der Waals surface area (Å²) < 4.78 is 1.98. The van der Waals surface area contributed by atoms with Crippen molar-refractivity contribution >= 4 is 33.3 Å². The van der Waals surface area contributed by atoms with Gasteiger partial charge in [-0.3, -0.25) is 14.5 Å². The number of para-hydroxylation sites is 1. The number of imidazole rings is 1. The summed E-state index contributed by atoms with van der Waals surface area (Å²) in [6.07, 6.45) is 1.93. The van der Waals surface area contributed by atoms with Gasteiger partial charge >= 0.3 is 0 Å². The summed E-state index contributed by atoms with van der Waals surface area (Å²) in [5, 5.41) is 12.1. The number of pyridine rings is 2. The Morgan fingerprint density at radius 2 is 1.77 bits per heavy atom. The van der Waals surface area contributed by atoms with Crippen molar-refractivity contribution in [2.45, 2.75) is 0 Å². The molecule has 0 fully saturated rings. The minimum atomic E-state index is -0.393. The Bertz CT molecular complexity index is 1320. The van der Waals surface area contributed by atoms with Crippen molar-refractivity contribution in [3.8, 4) is 11.3 Å². The minimum absolute atomic E-state index is 0.0411. The molecule has 6 heteroatoms. The van der Waals surface area contributed by atoms with Gasteiger partial charge in [0, 0.05) is 29.3 Å². The Kier molecular flexibility index (Phi) is 2.99. The highest BCUT2D eigenvalue weighted by Gasteiger charge is 2.17. The van der Waals surface area contributed by atoms with Gasteiger partial charge in [0.1, 0.15) is 11.2 Å². The highest BCUT2D eigenvalue weighted by atomic mass is 16.6. The molecule has 0 unspecified atom stereocenters. The molecule has 0 bridgehead atoms. The Morgan fingerprint density at radius 1 is 0.923 bits per heavy atom. The number of nitro benzene ring substituents is 1. The second-order valence-electron chi connectivity index (χ2n) is 6.02. The molecular weight excluding hydrogens is 328 g/mol. The number of hydrogen-bond donors (Lipinski definition) is 0. The second kappa shape index (κ2) is 5.35. The SMILES string of the molecule is O=[N+]([O-])c1cccc(-c2nc3ccccc3c3nc4ccccn4c23)c1. The first-order valence-electron chi connectivity index (χ1n) is 8.13. The van der Waals surface area contributed by atoms with Gasteiger partial charge < -0.3 is 0 Å². The van der Waals surface area contributed by atoms with Crippen LogP contribution in [-0.2, 0) is 0 Å². The number of nitrogens with zero attached hydrogens (tertiary/aromatic N) is 4. The third-order valence-electron chi connectivity index (χ3n) is 4.48. The van der Waals surface area contributed by atoms with E-state index in [0.717, 1.165) is 27.6 Å². The van der Waals surface area contributed by atoms with Crippen LogP contribution >= 0.6 is 0 Å². The standard InChI is InChI=1S/C20H12N4O2/c25-24(26)14-7-5-6-13(12-14)18-20-19(15-8-1-2-9-16(15)21-18)22-17-10-3-4-11-23(17)20/h1-12H. The summed E-state index contributed by atoms with van der Waals surface area (Å²) in [7, 11) is 0. The topological polar surface area (TPSA) is 73.3 Å². The molecule has 0 amide bonds. The molecule has 0 spiro atoms. The van der Waals surface area contributed by atoms with E-state index in [1.54, 1.807) is 12.1 Å². The zero-order valence-electron chi connectivity index (χ0n) is 13.5. The van der Waals surface area contributed by atoms with E-state index in [9.17, 15) is 10.1 Å². The summed E-state index contributed by atoms with van der Waals surface area (Å²) in [4.78, 5) is 20.4. The largest absolute Gasteiger partial charge is 0.298 e. The third kappa shape index (κ3) is 2.05. The fourth-order valence-corrected chi connectivity index (χ4v) is 3.32. The highest BCUT2D eigenvalue weighted by Crippen LogP contribution is 2.33. The Labute approximate surface area is 147 Å². The van der Waals surface area contributed by atoms with E-state index < -0.39 is 4.92 Å². The molecule has 0 N–H and O–H groups in total. The minimum Gasteiger partial charge on any atom is -0.298 e. The first-order valence-corrected chi connectivity index (χ1v) is 8.13. The van der Waals surface area contributed by atoms with E-state index in [2.05, 4.69) is 0 Å². The van der Waals surface area contributed by atoms with Gasteiger partial charge in [-0.15, -0.1) is 0 Å². The molecule has 3 heterocycles.